The summed E-state index contributed by atoms with van der Waals surface area (Å²) in [6.07, 6.45) is 1.82. The maximum Gasteiger partial charge on any atom is 0.294 e. The van der Waals surface area contributed by atoms with Gasteiger partial charge in [-0.05, 0) is 54.1 Å². The molecule has 4 aromatic heterocycles. The second-order valence-electron chi connectivity index (χ2n) is 12.1. The SMILES string of the molecule is COc1cc(OCc2cccc(-c3nc(CO[Si](C)(C)C(C)(C)C)c(C)s3)c2)c2cc(-c3cn4nc(OC)sc4n3)oc2c1. The molecule has 2 aromatic carbocycles. The minimum Gasteiger partial charge on any atom is -0.496 e. The lowest BCUT2D eigenvalue weighted by Gasteiger charge is -2.36. The Morgan fingerprint density at radius 3 is 2.52 bits per heavy atom. The van der Waals surface area contributed by atoms with Gasteiger partial charge in [-0.1, -0.05) is 39.0 Å². The molecule has 6 rings (SSSR count). The Morgan fingerprint density at radius 1 is 0.977 bits per heavy atom. The zero-order valence-electron chi connectivity index (χ0n) is 26.2. The minimum absolute atomic E-state index is 0.156. The number of aryl methyl sites for hydroxylation is 1. The lowest BCUT2D eigenvalue weighted by atomic mass is 10.1. The van der Waals surface area contributed by atoms with E-state index in [1.54, 1.807) is 30.1 Å². The Hall–Kier alpha value is -3.71. The first-order valence-corrected chi connectivity index (χ1v) is 18.8. The van der Waals surface area contributed by atoms with E-state index in [1.807, 2.05) is 30.5 Å². The molecule has 6 aromatic rings. The number of ether oxygens (including phenoxy) is 3. The van der Waals surface area contributed by atoms with Gasteiger partial charge in [0.1, 0.15) is 34.4 Å². The van der Waals surface area contributed by atoms with Crippen molar-refractivity contribution in [3.63, 3.8) is 0 Å². The van der Waals surface area contributed by atoms with Crippen LogP contribution in [-0.2, 0) is 17.6 Å². The first kappa shape index (κ1) is 30.3. The fraction of sp³-hybridized carbons (Fsp3) is 0.344. The van der Waals surface area contributed by atoms with E-state index in [2.05, 4.69) is 69.1 Å². The average Bonchev–Trinajstić information content (AvgIpc) is 3.76. The second kappa shape index (κ2) is 11.7. The summed E-state index contributed by atoms with van der Waals surface area (Å²) in [5, 5.41) is 6.88. The Kier molecular flexibility index (Phi) is 8.03. The van der Waals surface area contributed by atoms with Crippen LogP contribution in [0.5, 0.6) is 16.7 Å². The average molecular weight is 649 g/mol. The van der Waals surface area contributed by atoms with Gasteiger partial charge in [-0.3, -0.25) is 0 Å². The topological polar surface area (TPSA) is 93.1 Å². The van der Waals surface area contributed by atoms with E-state index in [4.69, 9.17) is 28.0 Å². The van der Waals surface area contributed by atoms with Gasteiger partial charge in [0.25, 0.3) is 5.19 Å². The van der Waals surface area contributed by atoms with Crippen molar-refractivity contribution in [1.29, 1.82) is 0 Å². The number of rotatable bonds is 10. The van der Waals surface area contributed by atoms with Crippen LogP contribution in [0.15, 0.2) is 53.1 Å². The Bertz CT molecular complexity index is 1920. The van der Waals surface area contributed by atoms with E-state index < -0.39 is 8.32 Å². The molecule has 0 aliphatic heterocycles. The lowest BCUT2D eigenvalue weighted by Crippen LogP contribution is -2.40. The third-order valence-electron chi connectivity index (χ3n) is 8.10. The number of imidazole rings is 1. The second-order valence-corrected chi connectivity index (χ2v) is 19.1. The summed E-state index contributed by atoms with van der Waals surface area (Å²) < 4.78 is 31.5. The molecule has 0 fully saturated rings. The molecule has 0 spiro atoms. The van der Waals surface area contributed by atoms with Gasteiger partial charge in [0.05, 0.1) is 38.1 Å². The third kappa shape index (κ3) is 5.99. The molecular weight excluding hydrogens is 613 g/mol. The largest absolute Gasteiger partial charge is 0.496 e. The Balaban J connectivity index is 1.21. The molecule has 230 valence electrons. The van der Waals surface area contributed by atoms with Gasteiger partial charge >= 0.3 is 0 Å². The number of hydrogen-bond donors (Lipinski definition) is 0. The van der Waals surface area contributed by atoms with Gasteiger partial charge in [-0.2, -0.15) is 0 Å². The standard InChI is InChI=1S/C32H36N4O5S2Si/c1-19-25(18-40-44(7,8)32(2,3)4)33-29(42-19)21-11-9-10-20(12-21)17-39-26-13-22(37-5)14-27-23(26)15-28(41-27)24-16-36-30(34-24)43-31(35-36)38-6/h9-16H,17-18H2,1-8H3. The summed E-state index contributed by atoms with van der Waals surface area (Å²) in [6, 6.07) is 14.0. The molecule has 0 amide bonds. The van der Waals surface area contributed by atoms with E-state index >= 15 is 0 Å². The van der Waals surface area contributed by atoms with E-state index in [9.17, 15) is 0 Å². The van der Waals surface area contributed by atoms with Crippen molar-refractivity contribution >= 4 is 46.9 Å². The third-order valence-corrected chi connectivity index (χ3v) is 14.5. The van der Waals surface area contributed by atoms with Gasteiger partial charge in [0.2, 0.25) is 4.96 Å². The summed E-state index contributed by atoms with van der Waals surface area (Å²) in [7, 11) is 1.35. The summed E-state index contributed by atoms with van der Waals surface area (Å²) in [5.41, 5.74) is 4.43. The van der Waals surface area contributed by atoms with Crippen molar-refractivity contribution in [2.75, 3.05) is 14.2 Å². The molecule has 0 saturated heterocycles. The number of methoxy groups -OCH3 is 2. The monoisotopic (exact) mass is 648 g/mol. The zero-order chi connectivity index (χ0) is 31.2. The molecule has 4 heterocycles. The van der Waals surface area contributed by atoms with Crippen LogP contribution < -0.4 is 14.2 Å². The Labute approximate surface area is 265 Å². The van der Waals surface area contributed by atoms with Gasteiger partial charge in [-0.15, -0.1) is 16.4 Å². The number of thiazole rings is 1. The van der Waals surface area contributed by atoms with Crippen LogP contribution in [0.4, 0.5) is 0 Å². The maximum atomic E-state index is 6.46. The van der Waals surface area contributed by atoms with Crippen LogP contribution in [0.1, 0.15) is 36.9 Å². The van der Waals surface area contributed by atoms with Crippen molar-refractivity contribution < 1.29 is 23.1 Å². The van der Waals surface area contributed by atoms with E-state index in [1.165, 1.54) is 16.2 Å². The molecule has 44 heavy (non-hydrogen) atoms. The fourth-order valence-electron chi connectivity index (χ4n) is 4.44. The van der Waals surface area contributed by atoms with Crippen LogP contribution >= 0.6 is 22.7 Å². The zero-order valence-corrected chi connectivity index (χ0v) is 28.8. The molecule has 0 unspecified atom stereocenters. The van der Waals surface area contributed by atoms with Crippen molar-refractivity contribution in [3.05, 3.63) is 64.8 Å². The fourth-order valence-corrected chi connectivity index (χ4v) is 6.98. The van der Waals surface area contributed by atoms with Crippen LogP contribution in [0.3, 0.4) is 0 Å². The molecular formula is C32H36N4O5S2Si. The molecule has 12 heteroatoms. The molecule has 0 aliphatic carbocycles. The van der Waals surface area contributed by atoms with Crippen molar-refractivity contribution in [3.8, 4) is 38.7 Å². The van der Waals surface area contributed by atoms with Crippen LogP contribution in [0.2, 0.25) is 18.1 Å². The Morgan fingerprint density at radius 2 is 1.80 bits per heavy atom. The minimum atomic E-state index is -1.86. The predicted octanol–water partition coefficient (Wildman–Crippen LogP) is 8.75. The smallest absolute Gasteiger partial charge is 0.294 e. The molecule has 0 atom stereocenters. The molecule has 0 bridgehead atoms. The number of nitrogens with zero attached hydrogens (tertiary/aromatic N) is 4. The quantitative estimate of drug-likeness (QED) is 0.136. The van der Waals surface area contributed by atoms with Crippen molar-refractivity contribution in [2.24, 2.45) is 0 Å². The molecule has 0 aliphatic rings. The van der Waals surface area contributed by atoms with Crippen molar-refractivity contribution in [2.45, 2.75) is 59.0 Å². The van der Waals surface area contributed by atoms with Crippen LogP contribution in [-0.4, -0.2) is 42.1 Å². The highest BCUT2D eigenvalue weighted by Crippen LogP contribution is 2.39. The molecule has 0 saturated carbocycles. The first-order valence-electron chi connectivity index (χ1n) is 14.3. The molecule has 0 radical (unpaired) electrons. The highest BCUT2D eigenvalue weighted by atomic mass is 32.1. The maximum absolute atomic E-state index is 6.46. The van der Waals surface area contributed by atoms with Crippen molar-refractivity contribution in [1.82, 2.24) is 19.6 Å². The number of hydrogen-bond acceptors (Lipinski definition) is 10. The molecule has 9 nitrogen and oxygen atoms in total. The highest BCUT2D eigenvalue weighted by molar-refractivity contribution is 7.18. The highest BCUT2D eigenvalue weighted by Gasteiger charge is 2.37. The summed E-state index contributed by atoms with van der Waals surface area (Å²) in [5.74, 6) is 1.92. The van der Waals surface area contributed by atoms with Gasteiger partial charge < -0.3 is 23.1 Å². The number of benzene rings is 2. The number of aromatic nitrogens is 4. The van der Waals surface area contributed by atoms with E-state index in [0.29, 0.717) is 46.9 Å². The predicted molar refractivity (Wildman–Crippen MR) is 178 cm³/mol. The van der Waals surface area contributed by atoms with Crippen LogP contribution in [0, 0.1) is 6.92 Å². The number of fused-ring (bicyclic) bond motifs is 2. The van der Waals surface area contributed by atoms with Gasteiger partial charge in [0, 0.05) is 22.6 Å². The van der Waals surface area contributed by atoms with Gasteiger partial charge in [0.15, 0.2) is 14.1 Å². The van der Waals surface area contributed by atoms with Crippen LogP contribution in [0.25, 0.3) is 38.0 Å². The first-order chi connectivity index (χ1) is 20.9. The van der Waals surface area contributed by atoms with Gasteiger partial charge in [-0.25, -0.2) is 14.5 Å². The van der Waals surface area contributed by atoms with E-state index in [0.717, 1.165) is 32.2 Å². The summed E-state index contributed by atoms with van der Waals surface area (Å²) >= 11 is 3.06. The number of furan rings is 1. The lowest BCUT2D eigenvalue weighted by molar-refractivity contribution is 0.272. The molecule has 0 N–H and O–H groups in total. The van der Waals surface area contributed by atoms with E-state index in [-0.39, 0.29) is 5.04 Å². The summed E-state index contributed by atoms with van der Waals surface area (Å²) in [6.45, 7) is 14.3. The summed E-state index contributed by atoms with van der Waals surface area (Å²) in [4.78, 5) is 11.5. The normalized spacial score (nSPS) is 12.4.